The van der Waals surface area contributed by atoms with Crippen molar-refractivity contribution in [3.05, 3.63) is 0 Å². The van der Waals surface area contributed by atoms with Gasteiger partial charge >= 0.3 is 0 Å². The number of likely N-dealkylation sites (tertiary alicyclic amines) is 1. The van der Waals surface area contributed by atoms with Crippen LogP contribution in [0.1, 0.15) is 39.0 Å². The molecule has 2 saturated heterocycles. The van der Waals surface area contributed by atoms with Gasteiger partial charge in [0.2, 0.25) is 5.91 Å². The molecule has 19 heavy (non-hydrogen) atoms. The molecule has 0 aromatic heterocycles. The van der Waals surface area contributed by atoms with Gasteiger partial charge in [0.1, 0.15) is 0 Å². The first-order chi connectivity index (χ1) is 9.22. The molecule has 1 N–H and O–H groups in total. The second kappa shape index (κ2) is 6.71. The minimum Gasteiger partial charge on any atom is -0.384 e. The van der Waals surface area contributed by atoms with E-state index in [1.165, 1.54) is 19.3 Å². The van der Waals surface area contributed by atoms with Crippen LogP contribution in [-0.2, 0) is 9.53 Å². The highest BCUT2D eigenvalue weighted by molar-refractivity contribution is 5.83. The van der Waals surface area contributed by atoms with E-state index in [0.29, 0.717) is 12.5 Å². The molecule has 0 aliphatic carbocycles. The van der Waals surface area contributed by atoms with Gasteiger partial charge in [-0.15, -0.1) is 0 Å². The number of methoxy groups -OCH3 is 1. The predicted octanol–water partition coefficient (Wildman–Crippen LogP) is 1.65. The monoisotopic (exact) mass is 268 g/mol. The summed E-state index contributed by atoms with van der Waals surface area (Å²) in [6.45, 7) is 6.37. The highest BCUT2D eigenvalue weighted by Gasteiger charge is 2.43. The van der Waals surface area contributed by atoms with Crippen LogP contribution in [0.3, 0.4) is 0 Å². The molecular formula is C15H28N2O2. The van der Waals surface area contributed by atoms with Crippen LogP contribution < -0.4 is 5.32 Å². The summed E-state index contributed by atoms with van der Waals surface area (Å²) in [5.41, 5.74) is -0.305. The molecule has 0 radical (unpaired) electrons. The largest absolute Gasteiger partial charge is 0.384 e. The van der Waals surface area contributed by atoms with Crippen molar-refractivity contribution in [1.29, 1.82) is 0 Å². The molecular weight excluding hydrogens is 240 g/mol. The van der Waals surface area contributed by atoms with Crippen molar-refractivity contribution >= 4 is 5.91 Å². The van der Waals surface area contributed by atoms with E-state index in [1.54, 1.807) is 7.11 Å². The van der Waals surface area contributed by atoms with Gasteiger partial charge in [-0.25, -0.2) is 0 Å². The van der Waals surface area contributed by atoms with E-state index in [-0.39, 0.29) is 5.41 Å². The van der Waals surface area contributed by atoms with Crippen LogP contribution in [0, 0.1) is 11.3 Å². The zero-order chi connectivity index (χ0) is 13.7. The first kappa shape index (κ1) is 14.8. The highest BCUT2D eigenvalue weighted by Crippen LogP contribution is 2.30. The van der Waals surface area contributed by atoms with Crippen molar-refractivity contribution in [3.63, 3.8) is 0 Å². The summed E-state index contributed by atoms with van der Waals surface area (Å²) in [4.78, 5) is 15.0. The molecule has 1 amide bonds. The summed E-state index contributed by atoms with van der Waals surface area (Å²) in [5.74, 6) is 1.12. The summed E-state index contributed by atoms with van der Waals surface area (Å²) in [6, 6.07) is 0. The molecule has 110 valence electrons. The Hall–Kier alpha value is -0.610. The number of hydrogen-bond donors (Lipinski definition) is 1. The summed E-state index contributed by atoms with van der Waals surface area (Å²) < 4.78 is 5.33. The van der Waals surface area contributed by atoms with Gasteiger partial charge < -0.3 is 15.0 Å². The molecule has 0 saturated carbocycles. The van der Waals surface area contributed by atoms with E-state index in [4.69, 9.17) is 4.74 Å². The molecule has 0 aromatic rings. The maximum absolute atomic E-state index is 12.9. The van der Waals surface area contributed by atoms with Gasteiger partial charge in [0.25, 0.3) is 0 Å². The van der Waals surface area contributed by atoms with Gasteiger partial charge in [0.05, 0.1) is 12.0 Å². The number of carbonyl (C=O) groups excluding carboxylic acids is 1. The number of carbonyl (C=O) groups is 1. The third-order valence-corrected chi connectivity index (χ3v) is 4.83. The minimum absolute atomic E-state index is 0.305. The lowest BCUT2D eigenvalue weighted by Gasteiger charge is -2.33. The van der Waals surface area contributed by atoms with Gasteiger partial charge in [0, 0.05) is 26.7 Å². The van der Waals surface area contributed by atoms with Crippen LogP contribution in [0.15, 0.2) is 0 Å². The van der Waals surface area contributed by atoms with Crippen LogP contribution in [-0.4, -0.2) is 50.7 Å². The summed E-state index contributed by atoms with van der Waals surface area (Å²) in [7, 11) is 1.70. The molecule has 2 atom stereocenters. The van der Waals surface area contributed by atoms with E-state index in [9.17, 15) is 4.79 Å². The van der Waals surface area contributed by atoms with E-state index < -0.39 is 0 Å². The Labute approximate surface area is 116 Å². The standard InChI is InChI=1S/C15H28N2O2/c1-3-13-5-4-9-17(10-6-13)14(18)15(12-19-2)7-8-16-11-15/h13,16H,3-12H2,1-2H3. The average Bonchev–Trinajstić information content (AvgIpc) is 2.76. The number of ether oxygens (including phenoxy) is 1. The van der Waals surface area contributed by atoms with Crippen molar-refractivity contribution in [2.45, 2.75) is 39.0 Å². The molecule has 2 rings (SSSR count). The van der Waals surface area contributed by atoms with Gasteiger partial charge in [-0.1, -0.05) is 13.3 Å². The Kier molecular flexibility index (Phi) is 5.22. The molecule has 2 unspecified atom stereocenters. The van der Waals surface area contributed by atoms with Gasteiger partial charge in [-0.3, -0.25) is 4.79 Å². The van der Waals surface area contributed by atoms with Crippen LogP contribution in [0.2, 0.25) is 0 Å². The number of amides is 1. The van der Waals surface area contributed by atoms with Gasteiger partial charge in [-0.2, -0.15) is 0 Å². The topological polar surface area (TPSA) is 41.6 Å². The molecule has 2 aliphatic rings. The van der Waals surface area contributed by atoms with Crippen molar-refractivity contribution in [2.24, 2.45) is 11.3 Å². The number of nitrogens with one attached hydrogen (secondary N) is 1. The lowest BCUT2D eigenvalue weighted by molar-refractivity contribution is -0.144. The first-order valence-electron chi connectivity index (χ1n) is 7.71. The lowest BCUT2D eigenvalue weighted by atomic mass is 9.86. The van der Waals surface area contributed by atoms with Crippen LogP contribution in [0.4, 0.5) is 0 Å². The Bertz CT molecular complexity index is 301. The second-order valence-electron chi connectivity index (χ2n) is 6.14. The highest BCUT2D eigenvalue weighted by atomic mass is 16.5. The van der Waals surface area contributed by atoms with Gasteiger partial charge in [0.15, 0.2) is 0 Å². The lowest BCUT2D eigenvalue weighted by Crippen LogP contribution is -2.48. The Balaban J connectivity index is 2.01. The molecule has 4 nitrogen and oxygen atoms in total. The predicted molar refractivity (Wildman–Crippen MR) is 76.0 cm³/mol. The van der Waals surface area contributed by atoms with E-state index in [2.05, 4.69) is 17.1 Å². The smallest absolute Gasteiger partial charge is 0.232 e. The average molecular weight is 268 g/mol. The quantitative estimate of drug-likeness (QED) is 0.843. The maximum Gasteiger partial charge on any atom is 0.232 e. The van der Waals surface area contributed by atoms with Gasteiger partial charge in [-0.05, 0) is 38.1 Å². The number of hydrogen-bond acceptors (Lipinski definition) is 3. The summed E-state index contributed by atoms with van der Waals surface area (Å²) >= 11 is 0. The summed E-state index contributed by atoms with van der Waals surface area (Å²) in [5, 5.41) is 3.33. The maximum atomic E-state index is 12.9. The Morgan fingerprint density at radius 3 is 2.89 bits per heavy atom. The number of rotatable bonds is 4. The third-order valence-electron chi connectivity index (χ3n) is 4.83. The fourth-order valence-electron chi connectivity index (χ4n) is 3.50. The Morgan fingerprint density at radius 1 is 1.42 bits per heavy atom. The SMILES string of the molecule is CCC1CCCN(C(=O)C2(COC)CCNC2)CC1. The van der Waals surface area contributed by atoms with Crippen molar-refractivity contribution in [3.8, 4) is 0 Å². The minimum atomic E-state index is -0.305. The van der Waals surface area contributed by atoms with Crippen LogP contribution in [0.5, 0.6) is 0 Å². The zero-order valence-electron chi connectivity index (χ0n) is 12.4. The molecule has 0 aromatic carbocycles. The Morgan fingerprint density at radius 2 is 2.26 bits per heavy atom. The molecule has 0 spiro atoms. The molecule has 2 fully saturated rings. The van der Waals surface area contributed by atoms with E-state index in [0.717, 1.165) is 44.9 Å². The number of nitrogens with zero attached hydrogens (tertiary/aromatic N) is 1. The van der Waals surface area contributed by atoms with Crippen molar-refractivity contribution in [2.75, 3.05) is 39.9 Å². The second-order valence-corrected chi connectivity index (χ2v) is 6.14. The van der Waals surface area contributed by atoms with Crippen molar-refractivity contribution < 1.29 is 9.53 Å². The van der Waals surface area contributed by atoms with E-state index in [1.807, 2.05) is 0 Å². The molecule has 2 aliphatic heterocycles. The van der Waals surface area contributed by atoms with E-state index >= 15 is 0 Å². The van der Waals surface area contributed by atoms with Crippen LogP contribution in [0.25, 0.3) is 0 Å². The molecule has 2 heterocycles. The zero-order valence-corrected chi connectivity index (χ0v) is 12.4. The molecule has 0 bridgehead atoms. The first-order valence-corrected chi connectivity index (χ1v) is 7.71. The third kappa shape index (κ3) is 3.29. The summed E-state index contributed by atoms with van der Waals surface area (Å²) in [6.07, 6.45) is 5.75. The van der Waals surface area contributed by atoms with Crippen LogP contribution >= 0.6 is 0 Å². The molecule has 4 heteroatoms. The normalized spacial score (nSPS) is 32.3. The fraction of sp³-hybridized carbons (Fsp3) is 0.933. The van der Waals surface area contributed by atoms with Crippen molar-refractivity contribution in [1.82, 2.24) is 10.2 Å². The fourth-order valence-corrected chi connectivity index (χ4v) is 3.50.